The van der Waals surface area contributed by atoms with Gasteiger partial charge in [-0.3, -0.25) is 14.4 Å². The van der Waals surface area contributed by atoms with Crippen LogP contribution in [0, 0.1) is 23.4 Å². The van der Waals surface area contributed by atoms with Crippen LogP contribution in [0.1, 0.15) is 213 Å². The van der Waals surface area contributed by atoms with Crippen molar-refractivity contribution in [3.63, 3.8) is 0 Å². The topological polar surface area (TPSA) is 201 Å². The van der Waals surface area contributed by atoms with Crippen LogP contribution in [0.15, 0.2) is 97.2 Å². The number of aliphatic hydroxyl groups excluding tert-OH is 1. The van der Waals surface area contributed by atoms with Crippen molar-refractivity contribution in [2.75, 3.05) is 34.5 Å². The van der Waals surface area contributed by atoms with Gasteiger partial charge in [-0.1, -0.05) is 166 Å². The minimum Gasteiger partial charge on any atom is -0.494 e. The van der Waals surface area contributed by atoms with Gasteiger partial charge in [0.2, 0.25) is 5.88 Å². The third kappa shape index (κ3) is 29.7. The van der Waals surface area contributed by atoms with E-state index in [1.807, 2.05) is 125 Å². The maximum Gasteiger partial charge on any atom is 0.330 e. The van der Waals surface area contributed by atoms with Crippen molar-refractivity contribution < 1.29 is 65.9 Å². The Morgan fingerprint density at radius 2 is 0.967 bits per heavy atom. The molecule has 2 unspecified atom stereocenters. The molecule has 5 aromatic rings. The van der Waals surface area contributed by atoms with Gasteiger partial charge < -0.3 is 44.7 Å². The molecule has 4 N–H and O–H groups in total. The van der Waals surface area contributed by atoms with E-state index in [1.165, 1.54) is 25.8 Å². The van der Waals surface area contributed by atoms with E-state index in [9.17, 15) is 37.1 Å². The second kappa shape index (κ2) is 34.9. The summed E-state index contributed by atoms with van der Waals surface area (Å²) in [7, 11) is 4.30. The lowest BCUT2D eigenvalue weighted by Gasteiger charge is -2.26. The van der Waals surface area contributed by atoms with E-state index >= 15 is 0 Å². The number of hydrogen-bond acceptors (Lipinski definition) is 13. The maximum atomic E-state index is 14.1. The molecule has 4 aromatic carbocycles. The molecule has 18 heteroatoms. The van der Waals surface area contributed by atoms with Crippen molar-refractivity contribution in [1.82, 2.24) is 20.9 Å². The third-order valence-corrected chi connectivity index (χ3v) is 13.4. The number of carbonyl (C=O) groups is 5. The smallest absolute Gasteiger partial charge is 0.330 e. The number of hydrogen-bond donors (Lipinski definition) is 4. The molecular formula is C73H107F3N4O11. The zero-order valence-corrected chi connectivity index (χ0v) is 59.2. The molecule has 0 aliphatic heterocycles. The number of nitrogens with one attached hydrogen (secondary N) is 3. The van der Waals surface area contributed by atoms with Gasteiger partial charge in [0.05, 0.1) is 34.5 Å². The number of carbonyl (C=O) groups excluding carboxylic acids is 5. The fraction of sp³-hybridized carbons (Fsp3) is 0.534. The molecule has 1 aromatic heterocycles. The van der Waals surface area contributed by atoms with Crippen LogP contribution in [-0.4, -0.2) is 97.6 Å². The van der Waals surface area contributed by atoms with Crippen LogP contribution >= 0.6 is 0 Å². The average molecular weight is 1270 g/mol. The Hall–Kier alpha value is -7.31. The van der Waals surface area contributed by atoms with Crippen LogP contribution in [0.4, 0.5) is 13.2 Å². The number of amides is 2. The highest BCUT2D eigenvalue weighted by Crippen LogP contribution is 2.30. The molecule has 0 saturated heterocycles. The molecular weight excluding hydrogens is 1170 g/mol. The summed E-state index contributed by atoms with van der Waals surface area (Å²) >= 11 is 0. The monoisotopic (exact) mass is 1270 g/mol. The summed E-state index contributed by atoms with van der Waals surface area (Å²) in [5, 5.41) is 17.1. The zero-order valence-electron chi connectivity index (χ0n) is 59.2. The van der Waals surface area contributed by atoms with Crippen LogP contribution < -0.4 is 25.4 Å². The number of esters is 3. The van der Waals surface area contributed by atoms with E-state index in [0.717, 1.165) is 16.7 Å². The standard InChI is InChI=1S/C20H31NO3.C17H25F2NO2.C15H21NO4.C11H15FO.C10H15NO/c1-13(2)16(18(23)24-20(6,7)8)21-17(22)14-9-11-15(12-10-14)19(3,4)5;1-16(2,3)12-8-7-11(14(18)15(12)19)9-20-10-13(21)22-17(4,5)6;1-15(2,3)11-7-5-10(6-8-11)13(18)16-12(9-17)14(19)20-4;1-11(2,3)8-5-6-10(13-4)9(12)7-8;1-10(2,3)8-5-6-9(12-4)11-7-8/h9-13,16H,1-8H3,(H,21,22);7-8,20H,9-10H2,1-6H3;5-8,12,17H,9H2,1-4H3,(H,16,18);5-7H,1-4H3;5-7H,1-4H3. The molecule has 0 aliphatic carbocycles. The molecule has 0 fully saturated rings. The fourth-order valence-electron chi connectivity index (χ4n) is 7.95. The molecule has 0 aliphatic rings. The first-order chi connectivity index (χ1) is 41.5. The van der Waals surface area contributed by atoms with E-state index in [-0.39, 0.29) is 58.0 Å². The number of halogens is 3. The number of pyridine rings is 1. The highest BCUT2D eigenvalue weighted by molar-refractivity contribution is 5.97. The number of methoxy groups -OCH3 is 3. The Labute approximate surface area is 541 Å². The first kappa shape index (κ1) is 81.7. The number of aliphatic hydroxyl groups is 1. The number of aromatic nitrogens is 1. The van der Waals surface area contributed by atoms with E-state index in [2.05, 4.69) is 88.0 Å². The molecule has 5 rings (SSSR count). The first-order valence-electron chi connectivity index (χ1n) is 30.5. The Morgan fingerprint density at radius 3 is 1.33 bits per heavy atom. The first-order valence-corrected chi connectivity index (χ1v) is 30.5. The molecule has 506 valence electrons. The Kier molecular flexibility index (Phi) is 31.4. The lowest BCUT2D eigenvalue weighted by atomic mass is 9.86. The van der Waals surface area contributed by atoms with Crippen LogP contribution in [0.25, 0.3) is 0 Å². The van der Waals surface area contributed by atoms with Crippen molar-refractivity contribution in [1.29, 1.82) is 0 Å². The molecule has 2 atom stereocenters. The molecule has 0 saturated carbocycles. The van der Waals surface area contributed by atoms with E-state index in [0.29, 0.717) is 28.3 Å². The summed E-state index contributed by atoms with van der Waals surface area (Å²) in [6.07, 6.45) is 1.86. The molecule has 0 spiro atoms. The van der Waals surface area contributed by atoms with Crippen molar-refractivity contribution in [3.05, 3.63) is 159 Å². The predicted octanol–water partition coefficient (Wildman–Crippen LogP) is 14.5. The average Bonchev–Trinajstić information content (AvgIpc) is 1.18. The Morgan fingerprint density at radius 1 is 0.516 bits per heavy atom. The highest BCUT2D eigenvalue weighted by Gasteiger charge is 2.30. The summed E-state index contributed by atoms with van der Waals surface area (Å²) in [6.45, 7) is 44.8. The van der Waals surface area contributed by atoms with Gasteiger partial charge in [0.15, 0.2) is 29.2 Å². The van der Waals surface area contributed by atoms with Gasteiger partial charge in [-0.05, 0) is 139 Å². The van der Waals surface area contributed by atoms with E-state index in [4.69, 9.17) is 24.1 Å². The lowest BCUT2D eigenvalue weighted by Crippen LogP contribution is -2.47. The summed E-state index contributed by atoms with van der Waals surface area (Å²) < 4.78 is 66.2. The highest BCUT2D eigenvalue weighted by atomic mass is 19.2. The van der Waals surface area contributed by atoms with Crippen molar-refractivity contribution in [2.24, 2.45) is 5.92 Å². The molecule has 0 radical (unpaired) electrons. The maximum absolute atomic E-state index is 14.1. The van der Waals surface area contributed by atoms with Gasteiger partial charge in [0.25, 0.3) is 11.8 Å². The largest absolute Gasteiger partial charge is 0.494 e. The Balaban J connectivity index is 0.000000581. The van der Waals surface area contributed by atoms with Crippen molar-refractivity contribution >= 4 is 29.7 Å². The molecule has 15 nitrogen and oxygen atoms in total. The van der Waals surface area contributed by atoms with Gasteiger partial charge in [-0.2, -0.15) is 0 Å². The van der Waals surface area contributed by atoms with Gasteiger partial charge in [0.1, 0.15) is 17.2 Å². The van der Waals surface area contributed by atoms with Crippen LogP contribution in [-0.2, 0) is 62.2 Å². The molecule has 91 heavy (non-hydrogen) atoms. The predicted molar refractivity (Wildman–Crippen MR) is 356 cm³/mol. The number of rotatable bonds is 14. The quantitative estimate of drug-likeness (QED) is 0.0605. The van der Waals surface area contributed by atoms with Crippen molar-refractivity contribution in [3.8, 4) is 11.6 Å². The minimum absolute atomic E-state index is 0.00859. The van der Waals surface area contributed by atoms with Crippen LogP contribution in [0.5, 0.6) is 11.6 Å². The second-order valence-electron chi connectivity index (χ2n) is 29.4. The zero-order chi connectivity index (χ0) is 70.4. The number of ether oxygens (including phenoxy) is 5. The van der Waals surface area contributed by atoms with Crippen molar-refractivity contribution in [2.45, 2.75) is 216 Å². The lowest BCUT2D eigenvalue weighted by molar-refractivity contribution is -0.158. The molecule has 1 heterocycles. The van der Waals surface area contributed by atoms with E-state index in [1.54, 1.807) is 70.3 Å². The third-order valence-electron chi connectivity index (χ3n) is 13.4. The summed E-state index contributed by atoms with van der Waals surface area (Å²) in [5.74, 6) is -3.28. The SMILES string of the molecule is CC(C)(C)OC(=O)CNCc1ccc(C(C)(C)C)c(F)c1F.CC(C)C(NC(=O)c1ccc(C(C)(C)C)cc1)C(=O)OC(C)(C)C.COC(=O)C(CO)NC(=O)c1ccc(C(C)(C)C)cc1.COc1ccc(C(C)(C)C)cc1F.COc1ccc(C(C)(C)C)cn1. The summed E-state index contributed by atoms with van der Waals surface area (Å²) in [6, 6.07) is 25.1. The number of benzene rings is 4. The Bertz CT molecular complexity index is 3100. The molecule has 0 bridgehead atoms. The minimum atomic E-state index is -1.05. The van der Waals surface area contributed by atoms with Gasteiger partial charge >= 0.3 is 17.9 Å². The fourth-order valence-corrected chi connectivity index (χ4v) is 7.95. The normalized spacial score (nSPS) is 12.5. The van der Waals surface area contributed by atoms with Crippen LogP contribution in [0.3, 0.4) is 0 Å². The van der Waals surface area contributed by atoms with Crippen LogP contribution in [0.2, 0.25) is 0 Å². The van der Waals surface area contributed by atoms with Gasteiger partial charge in [0, 0.05) is 35.5 Å². The summed E-state index contributed by atoms with van der Waals surface area (Å²) in [4.78, 5) is 63.7. The molecule has 2 amide bonds. The summed E-state index contributed by atoms with van der Waals surface area (Å²) in [5.41, 5.74) is 4.54. The second-order valence-corrected chi connectivity index (χ2v) is 29.4. The van der Waals surface area contributed by atoms with Gasteiger partial charge in [-0.25, -0.2) is 27.7 Å². The van der Waals surface area contributed by atoms with Gasteiger partial charge in [-0.15, -0.1) is 0 Å². The number of nitrogens with zero attached hydrogens (tertiary/aromatic N) is 1. The van der Waals surface area contributed by atoms with E-state index < -0.39 is 70.8 Å².